The highest BCUT2D eigenvalue weighted by molar-refractivity contribution is 7.18. The van der Waals surface area contributed by atoms with Crippen molar-refractivity contribution in [1.29, 1.82) is 0 Å². The molecule has 2 aliphatic heterocycles. The standard InChI is InChI=1S/C17H20N2O2S/c20-15(11-17-18-13-3-1-2-4-16(13)22-17)14-5-8-19(14)12-6-9-21-10-7-12/h1-4,12,14H,5-11H2/t14-/m0/s1. The predicted octanol–water partition coefficient (Wildman–Crippen LogP) is 2.66. The van der Waals surface area contributed by atoms with Gasteiger partial charge in [-0.3, -0.25) is 9.69 Å². The minimum absolute atomic E-state index is 0.107. The lowest BCUT2D eigenvalue weighted by Gasteiger charge is -2.46. The van der Waals surface area contributed by atoms with Gasteiger partial charge in [0, 0.05) is 25.8 Å². The molecule has 0 aliphatic carbocycles. The Balaban J connectivity index is 1.43. The third-order valence-electron chi connectivity index (χ3n) is 4.76. The molecule has 0 N–H and O–H groups in total. The minimum Gasteiger partial charge on any atom is -0.381 e. The molecular weight excluding hydrogens is 296 g/mol. The summed E-state index contributed by atoms with van der Waals surface area (Å²) in [6.07, 6.45) is 3.60. The molecule has 4 nitrogen and oxygen atoms in total. The van der Waals surface area contributed by atoms with Crippen molar-refractivity contribution < 1.29 is 9.53 Å². The molecule has 0 amide bonds. The van der Waals surface area contributed by atoms with Crippen LogP contribution in [-0.2, 0) is 16.0 Å². The normalized spacial score (nSPS) is 23.5. The van der Waals surface area contributed by atoms with Gasteiger partial charge in [-0.05, 0) is 31.4 Å². The zero-order valence-corrected chi connectivity index (χ0v) is 13.3. The van der Waals surface area contributed by atoms with Gasteiger partial charge < -0.3 is 4.74 Å². The fourth-order valence-corrected chi connectivity index (χ4v) is 4.45. The number of rotatable bonds is 4. The van der Waals surface area contributed by atoms with Gasteiger partial charge in [-0.15, -0.1) is 11.3 Å². The van der Waals surface area contributed by atoms with Gasteiger partial charge in [0.2, 0.25) is 0 Å². The molecule has 1 aromatic heterocycles. The van der Waals surface area contributed by atoms with Crippen LogP contribution in [0, 0.1) is 0 Å². The molecule has 5 heteroatoms. The summed E-state index contributed by atoms with van der Waals surface area (Å²) in [6.45, 7) is 2.72. The van der Waals surface area contributed by atoms with Crippen LogP contribution < -0.4 is 0 Å². The Hall–Kier alpha value is -1.30. The molecule has 2 fully saturated rings. The van der Waals surface area contributed by atoms with Crippen LogP contribution >= 0.6 is 11.3 Å². The van der Waals surface area contributed by atoms with Crippen LogP contribution in [0.15, 0.2) is 24.3 Å². The summed E-state index contributed by atoms with van der Waals surface area (Å²) in [5.74, 6) is 0.330. The first-order valence-electron chi connectivity index (χ1n) is 8.02. The number of carbonyl (C=O) groups is 1. The fraction of sp³-hybridized carbons (Fsp3) is 0.529. The second-order valence-corrected chi connectivity index (χ2v) is 7.22. The zero-order valence-electron chi connectivity index (χ0n) is 12.5. The SMILES string of the molecule is O=C(Cc1nc2ccccc2s1)[C@@H]1CCN1C1CCOCC1. The summed E-state index contributed by atoms with van der Waals surface area (Å²) >= 11 is 1.64. The molecule has 22 heavy (non-hydrogen) atoms. The maximum atomic E-state index is 12.6. The number of likely N-dealkylation sites (tertiary alicyclic amines) is 1. The molecule has 0 saturated carbocycles. The lowest BCUT2D eigenvalue weighted by molar-refractivity contribution is -0.131. The average Bonchev–Trinajstić information content (AvgIpc) is 2.89. The summed E-state index contributed by atoms with van der Waals surface area (Å²) in [5, 5.41) is 0.949. The summed E-state index contributed by atoms with van der Waals surface area (Å²) in [7, 11) is 0. The number of benzene rings is 1. The van der Waals surface area contributed by atoms with E-state index in [1.54, 1.807) is 11.3 Å². The Bertz CT molecular complexity index is 645. The lowest BCUT2D eigenvalue weighted by atomic mass is 9.91. The number of thiazole rings is 1. The Morgan fingerprint density at radius 1 is 1.27 bits per heavy atom. The van der Waals surface area contributed by atoms with Crippen molar-refractivity contribution in [3.63, 3.8) is 0 Å². The first kappa shape index (κ1) is 14.3. The molecule has 1 atom stereocenters. The van der Waals surface area contributed by atoms with Crippen LogP contribution in [0.4, 0.5) is 0 Å². The van der Waals surface area contributed by atoms with Gasteiger partial charge in [0.25, 0.3) is 0 Å². The van der Waals surface area contributed by atoms with Crippen molar-refractivity contribution >= 4 is 27.3 Å². The smallest absolute Gasteiger partial charge is 0.156 e. The van der Waals surface area contributed by atoms with E-state index in [1.807, 2.05) is 18.2 Å². The number of Topliss-reactive ketones (excluding diaryl/α,β-unsaturated/α-hetero) is 1. The van der Waals surface area contributed by atoms with E-state index in [9.17, 15) is 4.79 Å². The van der Waals surface area contributed by atoms with Gasteiger partial charge >= 0.3 is 0 Å². The number of ether oxygens (including phenoxy) is 1. The van der Waals surface area contributed by atoms with E-state index < -0.39 is 0 Å². The van der Waals surface area contributed by atoms with Gasteiger partial charge in [-0.25, -0.2) is 4.98 Å². The molecule has 116 valence electrons. The predicted molar refractivity (Wildman–Crippen MR) is 87.3 cm³/mol. The molecule has 0 radical (unpaired) electrons. The Labute approximate surface area is 134 Å². The number of para-hydroxylation sites is 1. The number of ketones is 1. The minimum atomic E-state index is 0.107. The monoisotopic (exact) mass is 316 g/mol. The molecule has 3 heterocycles. The number of hydrogen-bond acceptors (Lipinski definition) is 5. The molecular formula is C17H20N2O2S. The number of aromatic nitrogens is 1. The maximum Gasteiger partial charge on any atom is 0.156 e. The number of carbonyl (C=O) groups excluding carboxylic acids is 1. The van der Waals surface area contributed by atoms with Crippen molar-refractivity contribution in [2.75, 3.05) is 19.8 Å². The Kier molecular flexibility index (Phi) is 3.94. The van der Waals surface area contributed by atoms with Crippen LogP contribution in [0.2, 0.25) is 0 Å². The van der Waals surface area contributed by atoms with E-state index in [0.29, 0.717) is 18.2 Å². The lowest BCUT2D eigenvalue weighted by Crippen LogP contribution is -2.58. The zero-order chi connectivity index (χ0) is 14.9. The van der Waals surface area contributed by atoms with Gasteiger partial charge in [0.05, 0.1) is 22.7 Å². The van der Waals surface area contributed by atoms with E-state index >= 15 is 0 Å². The van der Waals surface area contributed by atoms with E-state index in [4.69, 9.17) is 4.74 Å². The quantitative estimate of drug-likeness (QED) is 0.870. The largest absolute Gasteiger partial charge is 0.381 e. The second kappa shape index (κ2) is 6.07. The fourth-order valence-electron chi connectivity index (χ4n) is 3.47. The van der Waals surface area contributed by atoms with Crippen molar-refractivity contribution in [2.45, 2.75) is 37.8 Å². The maximum absolute atomic E-state index is 12.6. The molecule has 2 aliphatic rings. The van der Waals surface area contributed by atoms with Crippen molar-refractivity contribution in [1.82, 2.24) is 9.88 Å². The number of hydrogen-bond donors (Lipinski definition) is 0. The van der Waals surface area contributed by atoms with Crippen LogP contribution in [0.3, 0.4) is 0 Å². The Morgan fingerprint density at radius 2 is 2.09 bits per heavy atom. The van der Waals surface area contributed by atoms with Crippen LogP contribution in [-0.4, -0.2) is 47.5 Å². The molecule has 0 spiro atoms. The number of fused-ring (bicyclic) bond motifs is 1. The highest BCUT2D eigenvalue weighted by atomic mass is 32.1. The average molecular weight is 316 g/mol. The summed E-state index contributed by atoms with van der Waals surface area (Å²) in [6, 6.07) is 8.73. The van der Waals surface area contributed by atoms with Crippen LogP contribution in [0.25, 0.3) is 10.2 Å². The van der Waals surface area contributed by atoms with Crippen LogP contribution in [0.5, 0.6) is 0 Å². The molecule has 4 rings (SSSR count). The Morgan fingerprint density at radius 3 is 2.82 bits per heavy atom. The third kappa shape index (κ3) is 2.69. The molecule has 2 aromatic rings. The molecule has 0 bridgehead atoms. The van der Waals surface area contributed by atoms with Crippen molar-refractivity contribution in [3.8, 4) is 0 Å². The highest BCUT2D eigenvalue weighted by Crippen LogP contribution is 2.29. The van der Waals surface area contributed by atoms with Crippen LogP contribution in [0.1, 0.15) is 24.3 Å². The summed E-state index contributed by atoms with van der Waals surface area (Å²) in [5.41, 5.74) is 1.00. The molecule has 1 aromatic carbocycles. The molecule has 2 saturated heterocycles. The first-order chi connectivity index (χ1) is 10.8. The first-order valence-corrected chi connectivity index (χ1v) is 8.83. The van der Waals surface area contributed by atoms with Gasteiger partial charge in [0.1, 0.15) is 5.01 Å². The van der Waals surface area contributed by atoms with Crippen molar-refractivity contribution in [3.05, 3.63) is 29.3 Å². The van der Waals surface area contributed by atoms with E-state index in [-0.39, 0.29) is 6.04 Å². The highest BCUT2D eigenvalue weighted by Gasteiger charge is 2.38. The van der Waals surface area contributed by atoms with Crippen molar-refractivity contribution in [2.24, 2.45) is 0 Å². The summed E-state index contributed by atoms with van der Waals surface area (Å²) < 4.78 is 6.59. The van der Waals surface area contributed by atoms with E-state index in [2.05, 4.69) is 16.0 Å². The van der Waals surface area contributed by atoms with E-state index in [0.717, 1.165) is 49.5 Å². The molecule has 0 unspecified atom stereocenters. The topological polar surface area (TPSA) is 42.4 Å². The van der Waals surface area contributed by atoms with Gasteiger partial charge in [-0.1, -0.05) is 12.1 Å². The van der Waals surface area contributed by atoms with Gasteiger partial charge in [-0.2, -0.15) is 0 Å². The van der Waals surface area contributed by atoms with E-state index in [1.165, 1.54) is 4.70 Å². The second-order valence-electron chi connectivity index (χ2n) is 6.10. The summed E-state index contributed by atoms with van der Waals surface area (Å²) in [4.78, 5) is 19.6. The van der Waals surface area contributed by atoms with Gasteiger partial charge in [0.15, 0.2) is 5.78 Å². The number of nitrogens with zero attached hydrogens (tertiary/aromatic N) is 2. The third-order valence-corrected chi connectivity index (χ3v) is 5.79.